The van der Waals surface area contributed by atoms with Gasteiger partial charge in [0.15, 0.2) is 0 Å². The molecule has 136 valence electrons. The van der Waals surface area contributed by atoms with E-state index in [4.69, 9.17) is 10.5 Å². The zero-order valence-corrected chi connectivity index (χ0v) is 15.5. The summed E-state index contributed by atoms with van der Waals surface area (Å²) in [5.41, 5.74) is 9.81. The molecule has 0 heterocycles. The summed E-state index contributed by atoms with van der Waals surface area (Å²) in [6.45, 7) is 5.97. The summed E-state index contributed by atoms with van der Waals surface area (Å²) < 4.78 is 5.57. The van der Waals surface area contributed by atoms with Crippen molar-refractivity contribution in [2.75, 3.05) is 6.61 Å². The first kappa shape index (κ1) is 18.2. The molecule has 2 N–H and O–H groups in total. The average Bonchev–Trinajstić information content (AvgIpc) is 2.91. The third-order valence-corrected chi connectivity index (χ3v) is 5.13. The molecule has 2 aromatic rings. The minimum absolute atomic E-state index is 0.00878. The van der Waals surface area contributed by atoms with Crippen LogP contribution in [0.4, 0.5) is 0 Å². The van der Waals surface area contributed by atoms with E-state index >= 15 is 0 Å². The molecule has 4 nitrogen and oxygen atoms in total. The maximum atomic E-state index is 12.4. The molecule has 4 heteroatoms. The van der Waals surface area contributed by atoms with Crippen LogP contribution >= 0.6 is 0 Å². The first-order chi connectivity index (χ1) is 12.3. The van der Waals surface area contributed by atoms with Crippen LogP contribution in [0, 0.1) is 11.3 Å². The number of carbonyl (C=O) groups excluding carboxylic acids is 2. The van der Waals surface area contributed by atoms with Gasteiger partial charge in [-0.25, -0.2) is 0 Å². The first-order valence-electron chi connectivity index (χ1n) is 8.92. The van der Waals surface area contributed by atoms with Crippen LogP contribution < -0.4 is 5.73 Å². The number of ether oxygens (including phenoxy) is 1. The molecule has 0 fully saturated rings. The predicted molar refractivity (Wildman–Crippen MR) is 101 cm³/mol. The van der Waals surface area contributed by atoms with Gasteiger partial charge in [-0.3, -0.25) is 9.59 Å². The number of esters is 1. The highest BCUT2D eigenvalue weighted by Crippen LogP contribution is 2.44. The van der Waals surface area contributed by atoms with Gasteiger partial charge in [-0.1, -0.05) is 69.3 Å². The van der Waals surface area contributed by atoms with Gasteiger partial charge in [-0.15, -0.1) is 0 Å². The van der Waals surface area contributed by atoms with Crippen LogP contribution in [0.1, 0.15) is 44.2 Å². The molecule has 1 unspecified atom stereocenters. The third kappa shape index (κ3) is 3.50. The Kier molecular flexibility index (Phi) is 4.86. The zero-order chi connectivity index (χ0) is 18.9. The molecule has 0 radical (unpaired) electrons. The molecule has 0 spiro atoms. The number of primary amides is 1. The molecule has 0 saturated heterocycles. The lowest BCUT2D eigenvalue weighted by Crippen LogP contribution is -2.36. The second-order valence-electron chi connectivity index (χ2n) is 7.94. The van der Waals surface area contributed by atoms with Gasteiger partial charge in [-0.2, -0.15) is 0 Å². The van der Waals surface area contributed by atoms with E-state index in [9.17, 15) is 9.59 Å². The van der Waals surface area contributed by atoms with E-state index < -0.39 is 11.8 Å². The third-order valence-electron chi connectivity index (χ3n) is 5.13. The molecule has 3 rings (SSSR count). The summed E-state index contributed by atoms with van der Waals surface area (Å²) in [5.74, 6) is -1.37. The second-order valence-corrected chi connectivity index (χ2v) is 7.94. The Morgan fingerprint density at radius 2 is 1.50 bits per heavy atom. The van der Waals surface area contributed by atoms with Gasteiger partial charge in [0.25, 0.3) is 0 Å². The lowest BCUT2D eigenvalue weighted by Gasteiger charge is -2.27. The van der Waals surface area contributed by atoms with Gasteiger partial charge in [0, 0.05) is 5.92 Å². The number of fused-ring (bicyclic) bond motifs is 3. The summed E-state index contributed by atoms with van der Waals surface area (Å²) in [4.78, 5) is 24.0. The maximum Gasteiger partial charge on any atom is 0.306 e. The fraction of sp³-hybridized carbons (Fsp3) is 0.364. The Bertz CT molecular complexity index is 790. The van der Waals surface area contributed by atoms with E-state index in [-0.39, 0.29) is 30.3 Å². The highest BCUT2D eigenvalue weighted by molar-refractivity contribution is 5.83. The lowest BCUT2D eigenvalue weighted by molar-refractivity contribution is -0.148. The summed E-state index contributed by atoms with van der Waals surface area (Å²) in [7, 11) is 0. The van der Waals surface area contributed by atoms with Crippen LogP contribution in [0.2, 0.25) is 0 Å². The maximum absolute atomic E-state index is 12.4. The fourth-order valence-electron chi connectivity index (χ4n) is 3.67. The van der Waals surface area contributed by atoms with Gasteiger partial charge in [0.2, 0.25) is 5.91 Å². The number of hydrogen-bond acceptors (Lipinski definition) is 3. The van der Waals surface area contributed by atoms with E-state index in [1.54, 1.807) is 0 Å². The number of amides is 1. The van der Waals surface area contributed by atoms with Gasteiger partial charge >= 0.3 is 5.97 Å². The molecule has 26 heavy (non-hydrogen) atoms. The van der Waals surface area contributed by atoms with Crippen LogP contribution in [0.3, 0.4) is 0 Å². The molecule has 0 aliphatic heterocycles. The molecular formula is C22H25NO3. The fourth-order valence-corrected chi connectivity index (χ4v) is 3.67. The van der Waals surface area contributed by atoms with E-state index in [0.717, 1.165) is 0 Å². The van der Waals surface area contributed by atoms with E-state index in [2.05, 4.69) is 24.3 Å². The molecule has 1 aliphatic carbocycles. The van der Waals surface area contributed by atoms with Gasteiger partial charge in [-0.05, 0) is 27.7 Å². The molecule has 0 bridgehead atoms. The Hall–Kier alpha value is -2.62. The minimum atomic E-state index is -0.543. The van der Waals surface area contributed by atoms with Gasteiger partial charge < -0.3 is 10.5 Å². The van der Waals surface area contributed by atoms with E-state index in [1.807, 2.05) is 45.0 Å². The van der Waals surface area contributed by atoms with E-state index in [1.165, 1.54) is 22.3 Å². The molecule has 0 saturated carbocycles. The number of rotatable bonds is 5. The van der Waals surface area contributed by atoms with Crippen LogP contribution in [0.15, 0.2) is 48.5 Å². The van der Waals surface area contributed by atoms with Crippen LogP contribution in [-0.2, 0) is 14.3 Å². The first-order valence-corrected chi connectivity index (χ1v) is 8.92. The zero-order valence-electron chi connectivity index (χ0n) is 15.5. The van der Waals surface area contributed by atoms with Crippen molar-refractivity contribution >= 4 is 11.9 Å². The van der Waals surface area contributed by atoms with Gasteiger partial charge in [0.1, 0.15) is 6.61 Å². The Morgan fingerprint density at radius 1 is 1.00 bits per heavy atom. The highest BCUT2D eigenvalue weighted by atomic mass is 16.5. The number of benzene rings is 2. The highest BCUT2D eigenvalue weighted by Gasteiger charge is 2.33. The normalized spacial score (nSPS) is 14.4. The van der Waals surface area contributed by atoms with Crippen LogP contribution in [0.5, 0.6) is 0 Å². The summed E-state index contributed by atoms with van der Waals surface area (Å²) in [5, 5.41) is 0. The summed E-state index contributed by atoms with van der Waals surface area (Å²) in [6.07, 6.45) is 0.00878. The van der Waals surface area contributed by atoms with Gasteiger partial charge in [0.05, 0.1) is 12.3 Å². The number of nitrogens with two attached hydrogens (primary N) is 1. The summed E-state index contributed by atoms with van der Waals surface area (Å²) in [6, 6.07) is 16.4. The molecule has 1 aliphatic rings. The molecule has 2 aromatic carbocycles. The average molecular weight is 351 g/mol. The van der Waals surface area contributed by atoms with Crippen molar-refractivity contribution < 1.29 is 14.3 Å². The van der Waals surface area contributed by atoms with Crippen molar-refractivity contribution in [3.8, 4) is 11.1 Å². The number of carbonyl (C=O) groups is 2. The summed E-state index contributed by atoms with van der Waals surface area (Å²) >= 11 is 0. The molecule has 1 atom stereocenters. The minimum Gasteiger partial charge on any atom is -0.465 e. The van der Waals surface area contributed by atoms with Crippen molar-refractivity contribution in [2.45, 2.75) is 33.1 Å². The number of hydrogen-bond donors (Lipinski definition) is 1. The van der Waals surface area contributed by atoms with Crippen LogP contribution in [0.25, 0.3) is 11.1 Å². The standard InChI is InChI=1S/C22H25NO3/c1-22(2,3)19(21(23)25)12-20(24)26-13-18-16-10-6-4-8-14(16)15-9-5-7-11-17(15)18/h4-11,18-19H,12-13H2,1-3H3,(H2,23,25). The van der Waals surface area contributed by atoms with Crippen LogP contribution in [-0.4, -0.2) is 18.5 Å². The Labute approximate surface area is 154 Å². The van der Waals surface area contributed by atoms with E-state index in [0.29, 0.717) is 0 Å². The second kappa shape index (κ2) is 6.94. The molecule has 0 aromatic heterocycles. The monoisotopic (exact) mass is 351 g/mol. The van der Waals surface area contributed by atoms with Crippen molar-refractivity contribution in [1.29, 1.82) is 0 Å². The SMILES string of the molecule is CC(C)(C)C(CC(=O)OCC1c2ccccc2-c2ccccc21)C(N)=O. The van der Waals surface area contributed by atoms with Crippen molar-refractivity contribution in [1.82, 2.24) is 0 Å². The smallest absolute Gasteiger partial charge is 0.306 e. The van der Waals surface area contributed by atoms with Crippen molar-refractivity contribution in [3.05, 3.63) is 59.7 Å². The topological polar surface area (TPSA) is 69.4 Å². The molecular weight excluding hydrogens is 326 g/mol. The van der Waals surface area contributed by atoms with Crippen molar-refractivity contribution in [2.24, 2.45) is 17.1 Å². The Morgan fingerprint density at radius 3 is 1.96 bits per heavy atom. The Balaban J connectivity index is 1.74. The predicted octanol–water partition coefficient (Wildman–Crippen LogP) is 3.88. The lowest BCUT2D eigenvalue weighted by atomic mass is 9.78. The van der Waals surface area contributed by atoms with Crippen molar-refractivity contribution in [3.63, 3.8) is 0 Å². The quantitative estimate of drug-likeness (QED) is 0.831. The molecule has 1 amide bonds. The largest absolute Gasteiger partial charge is 0.465 e.